The molecule has 4 heteroatoms. The Labute approximate surface area is 115 Å². The Morgan fingerprint density at radius 3 is 2.44 bits per heavy atom. The highest BCUT2D eigenvalue weighted by atomic mass is 127. The Morgan fingerprint density at radius 1 is 1.17 bits per heavy atom. The lowest BCUT2D eigenvalue weighted by atomic mass is 10.1. The number of hydrogen-bond donors (Lipinski definition) is 1. The number of carbonyl (C=O) groups excluding carboxylic acids is 1. The lowest BCUT2D eigenvalue weighted by Crippen LogP contribution is -3.61. The number of Topliss-reactive ketones (excluding diaryl/α,β-unsaturated/α-hetero) is 1. The van der Waals surface area contributed by atoms with Gasteiger partial charge < -0.3 is 10.2 Å². The number of phenols is 1. The summed E-state index contributed by atoms with van der Waals surface area (Å²) in [5.41, 5.74) is 0.151. The zero-order valence-electron chi connectivity index (χ0n) is 9.68. The maximum Gasteiger partial charge on any atom is 0.361 e. The van der Waals surface area contributed by atoms with E-state index in [-0.39, 0.29) is 22.8 Å². The van der Waals surface area contributed by atoms with Gasteiger partial charge in [0.25, 0.3) is 0 Å². The maximum absolute atomic E-state index is 12.1. The van der Waals surface area contributed by atoms with Crippen molar-refractivity contribution in [2.24, 2.45) is 0 Å². The Morgan fingerprint density at radius 2 is 1.83 bits per heavy atom. The molecule has 3 nitrogen and oxygen atoms in total. The molecule has 0 fully saturated rings. The molecule has 92 valence electrons. The first-order chi connectivity index (χ1) is 8.59. The summed E-state index contributed by atoms with van der Waals surface area (Å²) in [7, 11) is 0. The van der Waals surface area contributed by atoms with Gasteiger partial charge in [-0.25, -0.2) is 0 Å². The molecule has 0 heterocycles. The molecular weight excluding hydrogens is 343 g/mol. The molecule has 18 heavy (non-hydrogen) atoms. The van der Waals surface area contributed by atoms with Crippen LogP contribution < -0.4 is 26.3 Å². The minimum atomic E-state index is -0.772. The fourth-order valence-electron chi connectivity index (χ4n) is 1.50. The van der Waals surface area contributed by atoms with Crippen molar-refractivity contribution < 1.29 is 36.2 Å². The molecule has 0 aliphatic carbocycles. The predicted octanol–water partition coefficient (Wildman–Crippen LogP) is -1.20. The van der Waals surface area contributed by atoms with Crippen molar-refractivity contribution in [1.82, 2.24) is 0 Å². The molecule has 0 aliphatic heterocycles. The third kappa shape index (κ3) is 2.64. The predicted molar refractivity (Wildman–Crippen MR) is 61.4 cm³/mol. The summed E-state index contributed by atoms with van der Waals surface area (Å²) >= 11 is -0.772. The molecule has 0 saturated carbocycles. The van der Waals surface area contributed by atoms with E-state index in [1.807, 2.05) is 30.3 Å². The molecule has 0 atom stereocenters. The monoisotopic (exact) mass is 354 g/mol. The van der Waals surface area contributed by atoms with E-state index < -0.39 is 21.2 Å². The van der Waals surface area contributed by atoms with E-state index in [1.54, 1.807) is 0 Å². The average Bonchev–Trinajstić information content (AvgIpc) is 2.35. The van der Waals surface area contributed by atoms with E-state index in [4.69, 9.17) is 0 Å². The van der Waals surface area contributed by atoms with Crippen LogP contribution in [0, 0.1) is 7.14 Å². The van der Waals surface area contributed by atoms with Gasteiger partial charge in [0, 0.05) is 5.56 Å². The zero-order valence-corrected chi connectivity index (χ0v) is 11.8. The molecule has 2 rings (SSSR count). The van der Waals surface area contributed by atoms with Crippen molar-refractivity contribution in [1.29, 1.82) is 0 Å². The molecule has 0 bridgehead atoms. The average molecular weight is 354 g/mol. The SMILES string of the molecule is CC(=O)c1ccc(O)c([I+]c2ccccc2)c1[O-]. The van der Waals surface area contributed by atoms with Gasteiger partial charge in [0.15, 0.2) is 15.1 Å². The van der Waals surface area contributed by atoms with E-state index in [0.717, 1.165) is 3.57 Å². The molecule has 0 aromatic heterocycles. The lowest BCUT2D eigenvalue weighted by molar-refractivity contribution is -0.604. The number of rotatable bonds is 3. The zero-order chi connectivity index (χ0) is 13.1. The Kier molecular flexibility index (Phi) is 3.86. The standard InChI is InChI=1S/C14H11IO3/c1-9(16)11-7-8-12(17)13(14(11)18)15-10-5-3-2-4-6-10/h2-8H,1H3,(H-,16,17,18). The third-order valence-corrected chi connectivity index (χ3v) is 5.32. The number of ketones is 1. The van der Waals surface area contributed by atoms with Crippen LogP contribution in [0.15, 0.2) is 42.5 Å². The molecule has 2 aromatic carbocycles. The number of halogens is 1. The van der Waals surface area contributed by atoms with Crippen molar-refractivity contribution in [3.8, 4) is 11.5 Å². The largest absolute Gasteiger partial charge is 0.869 e. The minimum absolute atomic E-state index is 0.0124. The van der Waals surface area contributed by atoms with E-state index >= 15 is 0 Å². The van der Waals surface area contributed by atoms with Crippen LogP contribution in [0.3, 0.4) is 0 Å². The van der Waals surface area contributed by atoms with Crippen LogP contribution >= 0.6 is 0 Å². The van der Waals surface area contributed by atoms with Gasteiger partial charge in [-0.1, -0.05) is 18.2 Å². The first-order valence-corrected chi connectivity index (χ1v) is 7.49. The minimum Gasteiger partial charge on any atom is -0.869 e. The Hall–Kier alpha value is -1.56. The van der Waals surface area contributed by atoms with Crippen molar-refractivity contribution in [3.05, 3.63) is 55.2 Å². The second-order valence-corrected chi connectivity index (χ2v) is 6.59. The summed E-state index contributed by atoms with van der Waals surface area (Å²) in [5.74, 6) is -0.612. The highest BCUT2D eigenvalue weighted by molar-refractivity contribution is 5.96. The quantitative estimate of drug-likeness (QED) is 0.556. The molecule has 0 saturated heterocycles. The van der Waals surface area contributed by atoms with Crippen molar-refractivity contribution in [2.75, 3.05) is 0 Å². The molecule has 0 spiro atoms. The first-order valence-electron chi connectivity index (χ1n) is 5.33. The Balaban J connectivity index is 2.44. The molecule has 0 radical (unpaired) electrons. The van der Waals surface area contributed by atoms with Crippen LogP contribution in [0.25, 0.3) is 0 Å². The van der Waals surface area contributed by atoms with E-state index in [2.05, 4.69) is 0 Å². The molecular formula is C14H11IO3. The molecule has 0 amide bonds. The summed E-state index contributed by atoms with van der Waals surface area (Å²) in [6.07, 6.45) is 0. The van der Waals surface area contributed by atoms with Gasteiger partial charge in [-0.2, -0.15) is 0 Å². The number of hydrogen-bond acceptors (Lipinski definition) is 3. The van der Waals surface area contributed by atoms with Gasteiger partial charge >= 0.3 is 21.2 Å². The van der Waals surface area contributed by atoms with Crippen LogP contribution in [0.4, 0.5) is 0 Å². The summed E-state index contributed by atoms with van der Waals surface area (Å²) < 4.78 is 1.41. The first kappa shape index (κ1) is 12.9. The number of benzene rings is 2. The van der Waals surface area contributed by atoms with Gasteiger partial charge in [-0.3, -0.25) is 4.79 Å². The molecule has 1 N–H and O–H groups in total. The summed E-state index contributed by atoms with van der Waals surface area (Å²) in [4.78, 5) is 11.3. The van der Waals surface area contributed by atoms with Gasteiger partial charge in [0.1, 0.15) is 0 Å². The van der Waals surface area contributed by atoms with Gasteiger partial charge in [0.05, 0.1) is 0 Å². The number of aromatic hydroxyl groups is 1. The molecule has 0 unspecified atom stereocenters. The number of phenolic OH excluding ortho intramolecular Hbond substituents is 1. The lowest BCUT2D eigenvalue weighted by Gasteiger charge is -2.11. The maximum atomic E-state index is 12.1. The second-order valence-electron chi connectivity index (χ2n) is 3.72. The van der Waals surface area contributed by atoms with E-state index in [1.165, 1.54) is 19.1 Å². The fraction of sp³-hybridized carbons (Fsp3) is 0.0714. The molecule has 2 aromatic rings. The normalized spacial score (nSPS) is 10.3. The van der Waals surface area contributed by atoms with Crippen LogP contribution in [0.5, 0.6) is 11.5 Å². The fourth-order valence-corrected chi connectivity index (χ4v) is 3.89. The molecule has 0 aliphatic rings. The summed E-state index contributed by atoms with van der Waals surface area (Å²) in [5, 5.41) is 21.9. The van der Waals surface area contributed by atoms with E-state index in [9.17, 15) is 15.0 Å². The van der Waals surface area contributed by atoms with Crippen molar-refractivity contribution in [2.45, 2.75) is 6.92 Å². The summed E-state index contributed by atoms with van der Waals surface area (Å²) in [6, 6.07) is 12.3. The van der Waals surface area contributed by atoms with Crippen LogP contribution in [-0.4, -0.2) is 10.9 Å². The summed E-state index contributed by atoms with van der Waals surface area (Å²) in [6.45, 7) is 1.36. The highest BCUT2D eigenvalue weighted by Gasteiger charge is 2.23. The van der Waals surface area contributed by atoms with Crippen LogP contribution in [-0.2, 0) is 0 Å². The van der Waals surface area contributed by atoms with Crippen LogP contribution in [0.1, 0.15) is 17.3 Å². The number of carbonyl (C=O) groups is 1. The van der Waals surface area contributed by atoms with Gasteiger partial charge in [-0.15, -0.1) is 0 Å². The van der Waals surface area contributed by atoms with Gasteiger partial charge in [0.2, 0.25) is 3.57 Å². The second kappa shape index (κ2) is 5.39. The van der Waals surface area contributed by atoms with Crippen LogP contribution in [0.2, 0.25) is 0 Å². The third-order valence-electron chi connectivity index (χ3n) is 2.39. The van der Waals surface area contributed by atoms with E-state index in [0.29, 0.717) is 3.57 Å². The highest BCUT2D eigenvalue weighted by Crippen LogP contribution is 2.20. The van der Waals surface area contributed by atoms with Crippen molar-refractivity contribution >= 4 is 5.78 Å². The topological polar surface area (TPSA) is 60.4 Å². The van der Waals surface area contributed by atoms with Crippen molar-refractivity contribution in [3.63, 3.8) is 0 Å². The smallest absolute Gasteiger partial charge is 0.361 e. The van der Waals surface area contributed by atoms with Gasteiger partial charge in [-0.05, 0) is 36.9 Å². The Bertz CT molecular complexity index is 579.